The highest BCUT2D eigenvalue weighted by Gasteiger charge is 2.38. The van der Waals surface area contributed by atoms with Crippen LogP contribution in [0.1, 0.15) is 16.1 Å². The van der Waals surface area contributed by atoms with Crippen molar-refractivity contribution in [1.82, 2.24) is 4.90 Å². The van der Waals surface area contributed by atoms with Gasteiger partial charge in [-0.05, 0) is 30.0 Å². The van der Waals surface area contributed by atoms with Crippen molar-refractivity contribution in [3.63, 3.8) is 0 Å². The average molecular weight is 335 g/mol. The predicted octanol–water partition coefficient (Wildman–Crippen LogP) is 3.28. The molecule has 0 spiro atoms. The molecule has 4 nitrogen and oxygen atoms in total. The van der Waals surface area contributed by atoms with Crippen LogP contribution in [-0.2, 0) is 4.79 Å². The third kappa shape index (κ3) is 2.62. The average Bonchev–Trinajstić information content (AvgIpc) is 3.16. The number of benzene rings is 1. The topological polar surface area (TPSA) is 40.6 Å². The molecule has 6 heteroatoms. The van der Waals surface area contributed by atoms with E-state index in [1.54, 1.807) is 24.1 Å². The van der Waals surface area contributed by atoms with Crippen LogP contribution in [0.3, 0.4) is 0 Å². The van der Waals surface area contributed by atoms with Crippen molar-refractivity contribution in [1.29, 1.82) is 0 Å². The van der Waals surface area contributed by atoms with Crippen LogP contribution in [0.2, 0.25) is 5.02 Å². The molecule has 1 fully saturated rings. The molecule has 2 amide bonds. The number of hydrogen-bond acceptors (Lipinski definition) is 3. The van der Waals surface area contributed by atoms with Crippen molar-refractivity contribution >= 4 is 40.4 Å². The number of hydrogen-bond donors (Lipinski definition) is 0. The molecule has 0 N–H and O–H groups in total. The van der Waals surface area contributed by atoms with Crippen LogP contribution < -0.4 is 4.90 Å². The number of carbonyl (C=O) groups is 2. The van der Waals surface area contributed by atoms with E-state index in [1.165, 1.54) is 16.2 Å². The maximum Gasteiger partial charge on any atom is 0.264 e. The summed E-state index contributed by atoms with van der Waals surface area (Å²) >= 11 is 7.55. The zero-order chi connectivity index (χ0) is 15.7. The van der Waals surface area contributed by atoms with Crippen molar-refractivity contribution in [2.45, 2.75) is 12.5 Å². The summed E-state index contributed by atoms with van der Waals surface area (Å²) in [4.78, 5) is 28.9. The third-order valence-corrected chi connectivity index (χ3v) is 5.02. The standard InChI is InChI=1S/C16H15ClN2O2S/c1-18(16(21)14-7-4-10-22-14)13-8-9-19(15(13)20)12-6-3-2-5-11(12)17/h2-7,10,13H,8-9H2,1H3/t13-/m1/s1. The summed E-state index contributed by atoms with van der Waals surface area (Å²) in [7, 11) is 1.68. The molecule has 0 bridgehead atoms. The number of para-hydroxylation sites is 1. The molecule has 1 atom stereocenters. The molecular formula is C16H15ClN2O2S. The highest BCUT2D eigenvalue weighted by atomic mass is 35.5. The highest BCUT2D eigenvalue weighted by molar-refractivity contribution is 7.12. The largest absolute Gasteiger partial charge is 0.329 e. The lowest BCUT2D eigenvalue weighted by atomic mass is 10.2. The summed E-state index contributed by atoms with van der Waals surface area (Å²) < 4.78 is 0. The highest BCUT2D eigenvalue weighted by Crippen LogP contribution is 2.30. The minimum absolute atomic E-state index is 0.0829. The lowest BCUT2D eigenvalue weighted by Gasteiger charge is -2.24. The van der Waals surface area contributed by atoms with Crippen LogP contribution in [0, 0.1) is 0 Å². The Kier molecular flexibility index (Phi) is 4.18. The Labute approximate surface area is 137 Å². The van der Waals surface area contributed by atoms with E-state index in [4.69, 9.17) is 11.6 Å². The van der Waals surface area contributed by atoms with Gasteiger partial charge in [-0.25, -0.2) is 0 Å². The molecule has 3 rings (SSSR count). The van der Waals surface area contributed by atoms with E-state index in [2.05, 4.69) is 0 Å². The lowest BCUT2D eigenvalue weighted by molar-refractivity contribution is -0.120. The van der Waals surface area contributed by atoms with E-state index in [9.17, 15) is 9.59 Å². The smallest absolute Gasteiger partial charge is 0.264 e. The molecule has 0 unspecified atom stereocenters. The van der Waals surface area contributed by atoms with E-state index in [-0.39, 0.29) is 11.8 Å². The Balaban J connectivity index is 1.79. The SMILES string of the molecule is CN(C(=O)c1cccs1)[C@@H]1CCN(c2ccccc2Cl)C1=O. The van der Waals surface area contributed by atoms with Gasteiger partial charge in [-0.2, -0.15) is 0 Å². The summed E-state index contributed by atoms with van der Waals surface area (Å²) in [5.74, 6) is -0.199. The van der Waals surface area contributed by atoms with Crippen LogP contribution in [0.15, 0.2) is 41.8 Å². The zero-order valence-electron chi connectivity index (χ0n) is 12.0. The van der Waals surface area contributed by atoms with E-state index in [1.807, 2.05) is 29.6 Å². The zero-order valence-corrected chi connectivity index (χ0v) is 13.6. The van der Waals surface area contributed by atoms with E-state index in [0.717, 1.165) is 0 Å². The van der Waals surface area contributed by atoms with Crippen molar-refractivity contribution in [3.8, 4) is 0 Å². The Morgan fingerprint density at radius 2 is 2.09 bits per heavy atom. The van der Waals surface area contributed by atoms with E-state index in [0.29, 0.717) is 28.6 Å². The van der Waals surface area contributed by atoms with E-state index >= 15 is 0 Å². The third-order valence-electron chi connectivity index (χ3n) is 3.84. The van der Waals surface area contributed by atoms with Crippen LogP contribution in [0.25, 0.3) is 0 Å². The molecular weight excluding hydrogens is 320 g/mol. The minimum atomic E-state index is -0.439. The molecule has 1 aromatic heterocycles. The van der Waals surface area contributed by atoms with Gasteiger partial charge in [0.1, 0.15) is 6.04 Å². The molecule has 2 heterocycles. The number of anilines is 1. The van der Waals surface area contributed by atoms with Crippen molar-refractivity contribution in [2.75, 3.05) is 18.5 Å². The van der Waals surface area contributed by atoms with Crippen LogP contribution in [0.5, 0.6) is 0 Å². The second-order valence-corrected chi connectivity index (χ2v) is 6.49. The maximum atomic E-state index is 12.7. The van der Waals surface area contributed by atoms with Gasteiger partial charge in [0.2, 0.25) is 5.91 Å². The molecule has 2 aromatic rings. The van der Waals surface area contributed by atoms with Gasteiger partial charge in [0, 0.05) is 13.6 Å². The van der Waals surface area contributed by atoms with Crippen molar-refractivity contribution < 1.29 is 9.59 Å². The number of thiophene rings is 1. The number of amides is 2. The Morgan fingerprint density at radius 1 is 1.32 bits per heavy atom. The molecule has 22 heavy (non-hydrogen) atoms. The van der Waals surface area contributed by atoms with Gasteiger partial charge in [-0.1, -0.05) is 29.8 Å². The minimum Gasteiger partial charge on any atom is -0.329 e. The van der Waals surface area contributed by atoms with Gasteiger partial charge in [0.05, 0.1) is 15.6 Å². The van der Waals surface area contributed by atoms with Gasteiger partial charge in [-0.15, -0.1) is 11.3 Å². The molecule has 0 aliphatic carbocycles. The van der Waals surface area contributed by atoms with Gasteiger partial charge in [-0.3, -0.25) is 9.59 Å². The van der Waals surface area contributed by atoms with E-state index < -0.39 is 6.04 Å². The fourth-order valence-corrected chi connectivity index (χ4v) is 3.59. The molecule has 0 radical (unpaired) electrons. The lowest BCUT2D eigenvalue weighted by Crippen LogP contribution is -2.42. The predicted molar refractivity (Wildman–Crippen MR) is 88.6 cm³/mol. The fourth-order valence-electron chi connectivity index (χ4n) is 2.65. The first-order valence-electron chi connectivity index (χ1n) is 6.96. The van der Waals surface area contributed by atoms with Crippen LogP contribution in [-0.4, -0.2) is 36.3 Å². The molecule has 1 saturated heterocycles. The van der Waals surface area contributed by atoms with Gasteiger partial charge in [0.25, 0.3) is 5.91 Å². The summed E-state index contributed by atoms with van der Waals surface area (Å²) in [6, 6.07) is 10.4. The number of halogens is 1. The van der Waals surface area contributed by atoms with Gasteiger partial charge < -0.3 is 9.80 Å². The van der Waals surface area contributed by atoms with Gasteiger partial charge >= 0.3 is 0 Å². The Morgan fingerprint density at radius 3 is 2.77 bits per heavy atom. The second-order valence-electron chi connectivity index (χ2n) is 5.14. The van der Waals surface area contributed by atoms with Crippen LogP contribution in [0.4, 0.5) is 5.69 Å². The number of carbonyl (C=O) groups excluding carboxylic acids is 2. The number of rotatable bonds is 3. The Bertz CT molecular complexity index is 702. The molecule has 114 valence electrons. The van der Waals surface area contributed by atoms with Crippen molar-refractivity contribution in [2.24, 2.45) is 0 Å². The first kappa shape index (κ1) is 15.1. The van der Waals surface area contributed by atoms with Crippen molar-refractivity contribution in [3.05, 3.63) is 51.7 Å². The fraction of sp³-hybridized carbons (Fsp3) is 0.250. The summed E-state index contributed by atoms with van der Waals surface area (Å²) in [5, 5.41) is 2.40. The monoisotopic (exact) mass is 334 g/mol. The molecule has 1 aliphatic rings. The Hall–Kier alpha value is -1.85. The number of nitrogens with zero attached hydrogens (tertiary/aromatic N) is 2. The first-order chi connectivity index (χ1) is 10.6. The number of likely N-dealkylation sites (N-methyl/N-ethyl adjacent to an activating group) is 1. The normalized spacial score (nSPS) is 17.8. The molecule has 0 saturated carbocycles. The summed E-state index contributed by atoms with van der Waals surface area (Å²) in [6.45, 7) is 0.565. The summed E-state index contributed by atoms with van der Waals surface area (Å²) in [6.07, 6.45) is 0.609. The summed E-state index contributed by atoms with van der Waals surface area (Å²) in [5.41, 5.74) is 0.702. The first-order valence-corrected chi connectivity index (χ1v) is 8.22. The van der Waals surface area contributed by atoms with Gasteiger partial charge in [0.15, 0.2) is 0 Å². The maximum absolute atomic E-state index is 12.7. The molecule has 1 aromatic carbocycles. The molecule has 1 aliphatic heterocycles. The second kappa shape index (κ2) is 6.10. The quantitative estimate of drug-likeness (QED) is 0.864. The van der Waals surface area contributed by atoms with Crippen LogP contribution >= 0.6 is 22.9 Å².